The number of carbonyl (C=O) groups is 2. The summed E-state index contributed by atoms with van der Waals surface area (Å²) < 4.78 is 41.6. The second-order valence-corrected chi connectivity index (χ2v) is 17.1. The van der Waals surface area contributed by atoms with E-state index in [9.17, 15) is 9.59 Å². The van der Waals surface area contributed by atoms with Crippen LogP contribution in [0, 0.1) is 0 Å². The van der Waals surface area contributed by atoms with Gasteiger partial charge in [0.05, 0.1) is 81.8 Å². The molecular weight excluding hydrogens is 851 g/mol. The van der Waals surface area contributed by atoms with E-state index in [1.165, 1.54) is 5.56 Å². The molecule has 0 aromatic heterocycles. The summed E-state index contributed by atoms with van der Waals surface area (Å²) >= 11 is 0. The molecule has 4 heterocycles. The van der Waals surface area contributed by atoms with Crippen molar-refractivity contribution in [3.05, 3.63) is 124 Å². The Bertz CT molecular complexity index is 2620. The van der Waals surface area contributed by atoms with Crippen molar-refractivity contribution in [1.29, 1.82) is 0 Å². The van der Waals surface area contributed by atoms with Crippen molar-refractivity contribution in [2.45, 2.75) is 57.9 Å². The number of hydrogen-bond acceptors (Lipinski definition) is 12. The first-order chi connectivity index (χ1) is 32.9. The average molecular weight is 910 g/mol. The zero-order chi connectivity index (χ0) is 46.3. The number of benzene rings is 5. The number of amides is 2. The Labute approximate surface area is 392 Å². The van der Waals surface area contributed by atoms with Crippen LogP contribution in [0.3, 0.4) is 0 Å². The van der Waals surface area contributed by atoms with Gasteiger partial charge < -0.3 is 48.3 Å². The normalized spacial score (nSPS) is 16.5. The molecule has 2 amide bonds. The highest BCUT2D eigenvalue weighted by atomic mass is 16.5. The lowest BCUT2D eigenvalue weighted by atomic mass is 10.1. The van der Waals surface area contributed by atoms with Gasteiger partial charge in [-0.3, -0.25) is 19.5 Å². The fourth-order valence-corrected chi connectivity index (χ4v) is 9.37. The minimum Gasteiger partial charge on any atom is -0.493 e. The van der Waals surface area contributed by atoms with E-state index in [4.69, 9.17) is 38.2 Å². The molecule has 9 rings (SSSR count). The van der Waals surface area contributed by atoms with Crippen LogP contribution in [0.15, 0.2) is 96.0 Å². The van der Waals surface area contributed by atoms with Crippen molar-refractivity contribution >= 4 is 46.5 Å². The number of hydrogen-bond donors (Lipinski definition) is 1. The minimum atomic E-state index is -0.174. The molecule has 2 atom stereocenters. The number of nitrogens with one attached hydrogen (secondary N) is 1. The van der Waals surface area contributed by atoms with Crippen molar-refractivity contribution in [3.8, 4) is 23.0 Å². The topological polar surface area (TPSA) is 133 Å². The second kappa shape index (κ2) is 20.9. The molecule has 5 aromatic rings. The zero-order valence-corrected chi connectivity index (χ0v) is 38.8. The van der Waals surface area contributed by atoms with Gasteiger partial charge in [0, 0.05) is 68.6 Å². The van der Waals surface area contributed by atoms with Gasteiger partial charge in [-0.25, -0.2) is 0 Å². The van der Waals surface area contributed by atoms with Crippen LogP contribution in [0.4, 0.5) is 28.4 Å². The van der Waals surface area contributed by atoms with Crippen LogP contribution in [0.2, 0.25) is 0 Å². The quantitative estimate of drug-likeness (QED) is 0.0712. The molecule has 0 bridgehead atoms. The highest BCUT2D eigenvalue weighted by Crippen LogP contribution is 2.43. The molecule has 1 unspecified atom stereocenters. The summed E-state index contributed by atoms with van der Waals surface area (Å²) in [4.78, 5) is 39.1. The van der Waals surface area contributed by atoms with Crippen molar-refractivity contribution in [3.63, 3.8) is 0 Å². The Balaban J connectivity index is 0.973. The van der Waals surface area contributed by atoms with Gasteiger partial charge in [0.25, 0.3) is 11.8 Å². The van der Waals surface area contributed by atoms with E-state index in [1.807, 2.05) is 58.5 Å². The van der Waals surface area contributed by atoms with Gasteiger partial charge in [0.2, 0.25) is 0 Å². The number of para-hydroxylation sites is 2. The summed E-state index contributed by atoms with van der Waals surface area (Å²) in [6.07, 6.45) is 5.37. The SMILES string of the molecule is CCCCN(CCOCCOCCOC)c1cc(COc2cc3c(cc2OC)C(=O)N2c4ccccc4C[C@H]2C=N3)cc(COc2cc3c(cc2OC)C(=O)N2c4ccccc4CC2CN3)c1. The average Bonchev–Trinajstić information content (AvgIpc) is 3.85. The molecule has 350 valence electrons. The molecule has 0 fully saturated rings. The highest BCUT2D eigenvalue weighted by molar-refractivity contribution is 6.15. The van der Waals surface area contributed by atoms with Crippen molar-refractivity contribution < 1.29 is 42.7 Å². The number of ether oxygens (including phenoxy) is 7. The Morgan fingerprint density at radius 1 is 0.672 bits per heavy atom. The predicted molar refractivity (Wildman–Crippen MR) is 260 cm³/mol. The standard InChI is InChI=1S/C53H59N5O9/c1-5-6-15-56(16-17-64-20-21-65-19-18-61-2)39-23-35(33-66-50-29-44-42(27-48(50)62-3)52(59)57-40(31-54-44)25-37-11-7-9-13-46(37)57)22-36(24-39)34-67-51-30-45-43(28-49(51)63-4)53(60)58-41(32-55-45)26-38-12-8-10-14-47(38)58/h7-14,22-24,27-31,40-41,55H,5-6,15-21,25-26,32-34H2,1-4H3/t40-,41?/m0/s1. The molecule has 14 heteroatoms. The maximum atomic E-state index is 14.1. The third-order valence-electron chi connectivity index (χ3n) is 12.8. The third-order valence-corrected chi connectivity index (χ3v) is 12.8. The summed E-state index contributed by atoms with van der Waals surface area (Å²) in [6.45, 7) is 7.24. The fourth-order valence-electron chi connectivity index (χ4n) is 9.37. The van der Waals surface area contributed by atoms with Gasteiger partial charge in [-0.2, -0.15) is 0 Å². The molecule has 67 heavy (non-hydrogen) atoms. The largest absolute Gasteiger partial charge is 0.493 e. The first-order valence-corrected chi connectivity index (χ1v) is 23.2. The number of methoxy groups -OCH3 is 3. The monoisotopic (exact) mass is 909 g/mol. The first-order valence-electron chi connectivity index (χ1n) is 23.2. The minimum absolute atomic E-state index is 0.00295. The molecule has 14 nitrogen and oxygen atoms in total. The second-order valence-electron chi connectivity index (χ2n) is 17.1. The summed E-state index contributed by atoms with van der Waals surface area (Å²) in [5.41, 5.74) is 9.19. The fraction of sp³-hybridized carbons (Fsp3) is 0.377. The number of fused-ring (bicyclic) bond motifs is 8. The molecule has 0 radical (unpaired) electrons. The van der Waals surface area contributed by atoms with Crippen LogP contribution in [0.5, 0.6) is 23.0 Å². The number of nitrogens with zero attached hydrogens (tertiary/aromatic N) is 4. The molecule has 4 aliphatic heterocycles. The van der Waals surface area contributed by atoms with Crippen molar-refractivity contribution in [2.24, 2.45) is 4.99 Å². The van der Waals surface area contributed by atoms with Crippen LogP contribution in [0.25, 0.3) is 0 Å². The van der Waals surface area contributed by atoms with Gasteiger partial charge in [0.1, 0.15) is 13.2 Å². The lowest BCUT2D eigenvalue weighted by molar-refractivity contribution is 0.0264. The first kappa shape index (κ1) is 45.5. The number of carbonyl (C=O) groups excluding carboxylic acids is 2. The zero-order valence-electron chi connectivity index (χ0n) is 38.8. The number of rotatable bonds is 21. The van der Waals surface area contributed by atoms with E-state index in [1.54, 1.807) is 39.5 Å². The van der Waals surface area contributed by atoms with Gasteiger partial charge in [0.15, 0.2) is 23.0 Å². The van der Waals surface area contributed by atoms with E-state index in [0.717, 1.165) is 59.6 Å². The van der Waals surface area contributed by atoms with Crippen LogP contribution in [0.1, 0.15) is 62.7 Å². The number of aliphatic imine (C=N–C) groups is 1. The van der Waals surface area contributed by atoms with E-state index in [2.05, 4.69) is 47.5 Å². The molecule has 4 aliphatic rings. The Kier molecular flexibility index (Phi) is 14.2. The summed E-state index contributed by atoms with van der Waals surface area (Å²) in [7, 11) is 4.82. The highest BCUT2D eigenvalue weighted by Gasteiger charge is 2.39. The predicted octanol–water partition coefficient (Wildman–Crippen LogP) is 8.43. The van der Waals surface area contributed by atoms with Gasteiger partial charge in [-0.1, -0.05) is 49.7 Å². The van der Waals surface area contributed by atoms with E-state index in [0.29, 0.717) is 98.0 Å². The van der Waals surface area contributed by atoms with Crippen LogP contribution < -0.4 is 39.0 Å². The van der Waals surface area contributed by atoms with Gasteiger partial charge >= 0.3 is 0 Å². The number of anilines is 4. The van der Waals surface area contributed by atoms with Crippen LogP contribution >= 0.6 is 0 Å². The van der Waals surface area contributed by atoms with Crippen molar-refractivity contribution in [1.82, 2.24) is 0 Å². The summed E-state index contributed by atoms with van der Waals surface area (Å²) in [5.74, 6) is 1.70. The van der Waals surface area contributed by atoms with E-state index < -0.39 is 0 Å². The maximum absolute atomic E-state index is 14.1. The maximum Gasteiger partial charge on any atom is 0.261 e. The number of unbranched alkanes of at least 4 members (excludes halogenated alkanes) is 1. The molecule has 0 spiro atoms. The molecule has 0 aliphatic carbocycles. The molecular formula is C53H59N5O9. The molecule has 0 saturated heterocycles. The summed E-state index contributed by atoms with van der Waals surface area (Å²) in [5, 5.41) is 3.54. The lowest BCUT2D eigenvalue weighted by Gasteiger charge is -2.26. The van der Waals surface area contributed by atoms with Gasteiger partial charge in [-0.05, 0) is 77.6 Å². The third kappa shape index (κ3) is 9.78. The molecule has 0 saturated carbocycles. The Morgan fingerprint density at radius 2 is 1.30 bits per heavy atom. The smallest absolute Gasteiger partial charge is 0.261 e. The van der Waals surface area contributed by atoms with Gasteiger partial charge in [-0.15, -0.1) is 0 Å². The van der Waals surface area contributed by atoms with Crippen molar-refractivity contribution in [2.75, 3.05) is 94.0 Å². The van der Waals surface area contributed by atoms with E-state index in [-0.39, 0.29) is 37.1 Å². The van der Waals surface area contributed by atoms with Crippen LogP contribution in [-0.4, -0.2) is 104 Å². The molecule has 1 N–H and O–H groups in total. The van der Waals surface area contributed by atoms with Crippen LogP contribution in [-0.2, 0) is 40.3 Å². The van der Waals surface area contributed by atoms with E-state index >= 15 is 0 Å². The summed E-state index contributed by atoms with van der Waals surface area (Å²) in [6, 6.07) is 29.5. The Hall–Kier alpha value is -6.61. The molecule has 5 aromatic carbocycles. The Morgan fingerprint density at radius 3 is 2.00 bits per heavy atom. The lowest BCUT2D eigenvalue weighted by Crippen LogP contribution is -2.39.